The molecule has 21 heavy (non-hydrogen) atoms. The number of nitrogens with zero attached hydrogens (tertiary/aromatic N) is 2. The summed E-state index contributed by atoms with van der Waals surface area (Å²) in [7, 11) is 0. The van der Waals surface area contributed by atoms with Gasteiger partial charge >= 0.3 is 0 Å². The van der Waals surface area contributed by atoms with Crippen LogP contribution in [0.1, 0.15) is 51.4 Å². The molecule has 0 bridgehead atoms. The Labute approximate surface area is 126 Å². The molecule has 0 aromatic rings. The molecule has 0 aromatic heterocycles. The minimum Gasteiger partial charge on any atom is -0.358 e. The monoisotopic (exact) mass is 284 g/mol. The Balaban J connectivity index is 1.41. The fraction of sp³-hybridized carbons (Fsp3) is 0.647. The Hall–Kier alpha value is -1.42. The van der Waals surface area contributed by atoms with Crippen LogP contribution in [0.25, 0.3) is 0 Å². The average Bonchev–Trinajstić information content (AvgIpc) is 3.29. The molecule has 2 heterocycles. The van der Waals surface area contributed by atoms with Gasteiger partial charge in [0.15, 0.2) is 6.29 Å². The zero-order chi connectivity index (χ0) is 14.1. The van der Waals surface area contributed by atoms with Gasteiger partial charge in [0.1, 0.15) is 0 Å². The van der Waals surface area contributed by atoms with E-state index in [1.54, 1.807) is 0 Å². The van der Waals surface area contributed by atoms with Crippen LogP contribution in [-0.2, 0) is 0 Å². The van der Waals surface area contributed by atoms with Crippen LogP contribution < -0.4 is 10.6 Å². The Morgan fingerprint density at radius 2 is 2.00 bits per heavy atom. The van der Waals surface area contributed by atoms with Crippen molar-refractivity contribution < 1.29 is 0 Å². The number of rotatable bonds is 5. The lowest BCUT2D eigenvalue weighted by Gasteiger charge is -2.29. The van der Waals surface area contributed by atoms with Gasteiger partial charge < -0.3 is 5.32 Å². The number of hydrogen-bond donors (Lipinski definition) is 2. The normalized spacial score (nSPS) is 29.1. The van der Waals surface area contributed by atoms with E-state index < -0.39 is 0 Å². The molecule has 4 rings (SSSR count). The lowest BCUT2D eigenvalue weighted by molar-refractivity contribution is 0.326. The molecule has 4 aliphatic rings. The zero-order valence-electron chi connectivity index (χ0n) is 12.5. The van der Waals surface area contributed by atoms with E-state index in [0.717, 1.165) is 18.1 Å². The second-order valence-electron chi connectivity index (χ2n) is 6.68. The number of nitrogens with one attached hydrogen (secondary N) is 2. The van der Waals surface area contributed by atoms with Gasteiger partial charge in [0.2, 0.25) is 0 Å². The molecule has 2 saturated carbocycles. The summed E-state index contributed by atoms with van der Waals surface area (Å²) in [6.07, 6.45) is 16.6. The molecule has 2 fully saturated rings. The summed E-state index contributed by atoms with van der Waals surface area (Å²) in [5.41, 5.74) is 3.61. The highest BCUT2D eigenvalue weighted by atomic mass is 15.3. The average molecular weight is 284 g/mol. The Kier molecular flexibility index (Phi) is 3.63. The molecular weight excluding hydrogens is 260 g/mol. The van der Waals surface area contributed by atoms with Crippen LogP contribution >= 0.6 is 0 Å². The molecule has 1 unspecified atom stereocenters. The number of hydrogen-bond acceptors (Lipinski definition) is 4. The Bertz CT molecular complexity index is 519. The van der Waals surface area contributed by atoms with Crippen molar-refractivity contribution in [2.24, 2.45) is 15.9 Å². The Morgan fingerprint density at radius 3 is 2.71 bits per heavy atom. The fourth-order valence-corrected chi connectivity index (χ4v) is 3.37. The molecule has 0 radical (unpaired) electrons. The second-order valence-corrected chi connectivity index (χ2v) is 6.68. The second kappa shape index (κ2) is 5.76. The van der Waals surface area contributed by atoms with Gasteiger partial charge in [-0.15, -0.1) is 0 Å². The van der Waals surface area contributed by atoms with Crippen LogP contribution in [0.2, 0.25) is 0 Å². The van der Waals surface area contributed by atoms with Crippen LogP contribution in [0.4, 0.5) is 0 Å². The van der Waals surface area contributed by atoms with Crippen molar-refractivity contribution in [2.45, 2.75) is 63.7 Å². The lowest BCUT2D eigenvalue weighted by atomic mass is 9.95. The molecular formula is C17H24N4. The maximum absolute atomic E-state index is 4.83. The van der Waals surface area contributed by atoms with E-state index in [1.165, 1.54) is 56.2 Å². The van der Waals surface area contributed by atoms with Crippen LogP contribution in [0.3, 0.4) is 0 Å². The standard InChI is InChI=1S/C17H24N4/c1-2-4-13(5-3-1)20-17-18-9-8-15(21-17)14-11-19-16(14)10-12-6-7-12/h8-9,11-13,17-18,20H,1-7,10H2. The summed E-state index contributed by atoms with van der Waals surface area (Å²) in [6.45, 7) is 0. The third-order valence-electron chi connectivity index (χ3n) is 4.88. The van der Waals surface area contributed by atoms with Crippen LogP contribution in [0.15, 0.2) is 33.5 Å². The van der Waals surface area contributed by atoms with Gasteiger partial charge in [-0.25, -0.2) is 4.99 Å². The Morgan fingerprint density at radius 1 is 1.14 bits per heavy atom. The predicted octanol–water partition coefficient (Wildman–Crippen LogP) is 2.89. The minimum atomic E-state index is 0.0248. The van der Waals surface area contributed by atoms with E-state index in [0.29, 0.717) is 6.04 Å². The van der Waals surface area contributed by atoms with E-state index >= 15 is 0 Å². The minimum absolute atomic E-state index is 0.0248. The molecule has 0 saturated heterocycles. The van der Waals surface area contributed by atoms with Crippen LogP contribution in [-0.4, -0.2) is 24.3 Å². The van der Waals surface area contributed by atoms with E-state index in [-0.39, 0.29) is 6.29 Å². The highest BCUT2D eigenvalue weighted by Crippen LogP contribution is 2.38. The first-order valence-electron chi connectivity index (χ1n) is 8.42. The third kappa shape index (κ3) is 3.10. The first-order valence-corrected chi connectivity index (χ1v) is 8.42. The molecule has 4 heteroatoms. The highest BCUT2D eigenvalue weighted by Gasteiger charge is 2.27. The van der Waals surface area contributed by atoms with Gasteiger partial charge in [-0.3, -0.25) is 10.3 Å². The van der Waals surface area contributed by atoms with E-state index in [1.807, 2.05) is 12.4 Å². The quantitative estimate of drug-likeness (QED) is 0.815. The van der Waals surface area contributed by atoms with Crippen molar-refractivity contribution in [1.29, 1.82) is 0 Å². The molecule has 0 amide bonds. The molecule has 1 atom stereocenters. The van der Waals surface area contributed by atoms with Gasteiger partial charge in [0.05, 0.1) is 11.4 Å². The smallest absolute Gasteiger partial charge is 0.174 e. The SMILES string of the molecule is C1=CC(C2=C(CC3CC3)N=C2)=NC(NC2CCCCC2)N1. The van der Waals surface area contributed by atoms with Crippen molar-refractivity contribution in [3.05, 3.63) is 23.5 Å². The zero-order valence-corrected chi connectivity index (χ0v) is 12.5. The van der Waals surface area contributed by atoms with E-state index in [9.17, 15) is 0 Å². The summed E-state index contributed by atoms with van der Waals surface area (Å²) in [5, 5.41) is 6.96. The first-order chi connectivity index (χ1) is 10.4. The molecule has 4 nitrogen and oxygen atoms in total. The highest BCUT2D eigenvalue weighted by molar-refractivity contribution is 6.24. The molecule has 112 valence electrons. The van der Waals surface area contributed by atoms with E-state index in [4.69, 9.17) is 4.99 Å². The number of aliphatic imine (C=N–C) groups is 2. The summed E-state index contributed by atoms with van der Waals surface area (Å²) < 4.78 is 0. The van der Waals surface area contributed by atoms with E-state index in [2.05, 4.69) is 21.7 Å². The largest absolute Gasteiger partial charge is 0.358 e. The van der Waals surface area contributed by atoms with Gasteiger partial charge in [-0.05, 0) is 44.1 Å². The first kappa shape index (κ1) is 13.3. The van der Waals surface area contributed by atoms with Crippen LogP contribution in [0, 0.1) is 5.92 Å². The fourth-order valence-electron chi connectivity index (χ4n) is 3.37. The third-order valence-corrected chi connectivity index (χ3v) is 4.88. The van der Waals surface area contributed by atoms with Crippen molar-refractivity contribution in [3.63, 3.8) is 0 Å². The van der Waals surface area contributed by atoms with Crippen molar-refractivity contribution in [3.8, 4) is 0 Å². The maximum Gasteiger partial charge on any atom is 0.174 e. The van der Waals surface area contributed by atoms with Crippen LogP contribution in [0.5, 0.6) is 0 Å². The lowest BCUT2D eigenvalue weighted by Crippen LogP contribution is -2.46. The van der Waals surface area contributed by atoms with Crippen molar-refractivity contribution in [1.82, 2.24) is 10.6 Å². The molecule has 0 aromatic carbocycles. The topological polar surface area (TPSA) is 48.8 Å². The molecule has 0 spiro atoms. The van der Waals surface area contributed by atoms with Crippen molar-refractivity contribution >= 4 is 11.9 Å². The van der Waals surface area contributed by atoms with Gasteiger partial charge in [-0.2, -0.15) is 0 Å². The summed E-state index contributed by atoms with van der Waals surface area (Å²) in [4.78, 5) is 9.28. The predicted molar refractivity (Wildman–Crippen MR) is 86.4 cm³/mol. The number of allylic oxidation sites excluding steroid dienone is 3. The molecule has 2 aliphatic heterocycles. The molecule has 2 aliphatic carbocycles. The van der Waals surface area contributed by atoms with Crippen molar-refractivity contribution in [2.75, 3.05) is 0 Å². The summed E-state index contributed by atoms with van der Waals surface area (Å²) >= 11 is 0. The summed E-state index contributed by atoms with van der Waals surface area (Å²) in [6, 6.07) is 0.614. The molecule has 2 N–H and O–H groups in total. The van der Waals surface area contributed by atoms with Gasteiger partial charge in [0.25, 0.3) is 0 Å². The van der Waals surface area contributed by atoms with Gasteiger partial charge in [-0.1, -0.05) is 19.3 Å². The maximum atomic E-state index is 4.83. The summed E-state index contributed by atoms with van der Waals surface area (Å²) in [5.74, 6) is 0.884. The van der Waals surface area contributed by atoms with Gasteiger partial charge in [0, 0.05) is 24.0 Å².